The average Bonchev–Trinajstić information content (AvgIpc) is 2.33. The molecule has 1 aliphatic heterocycles. The summed E-state index contributed by atoms with van der Waals surface area (Å²) in [6, 6.07) is 3.86. The number of hydrogen-bond acceptors (Lipinski definition) is 4. The average molecular weight is 275 g/mol. The van der Waals surface area contributed by atoms with Crippen LogP contribution in [0.25, 0.3) is 0 Å². The zero-order chi connectivity index (χ0) is 11.2. The predicted molar refractivity (Wildman–Crippen MR) is 74.5 cm³/mol. The number of rotatable bonds is 4. The fourth-order valence-corrected chi connectivity index (χ4v) is 4.30. The Bertz CT molecular complexity index is 312. The number of halogens is 1. The molecule has 16 heavy (non-hydrogen) atoms. The van der Waals surface area contributed by atoms with E-state index in [1.807, 2.05) is 18.3 Å². The van der Waals surface area contributed by atoms with E-state index in [0.29, 0.717) is 5.15 Å². The van der Waals surface area contributed by atoms with Gasteiger partial charge >= 0.3 is 0 Å². The highest BCUT2D eigenvalue weighted by molar-refractivity contribution is 8.06. The number of pyridine rings is 1. The van der Waals surface area contributed by atoms with Gasteiger partial charge in [0.1, 0.15) is 5.15 Å². The van der Waals surface area contributed by atoms with E-state index in [1.165, 1.54) is 22.8 Å². The van der Waals surface area contributed by atoms with Crippen molar-refractivity contribution in [3.8, 4) is 0 Å². The van der Waals surface area contributed by atoms with E-state index in [0.717, 1.165) is 18.3 Å². The zero-order valence-corrected chi connectivity index (χ0v) is 11.4. The van der Waals surface area contributed by atoms with Crippen molar-refractivity contribution in [1.29, 1.82) is 0 Å². The molecule has 88 valence electrons. The minimum atomic E-state index is 0.558. The molecule has 1 atom stereocenters. The van der Waals surface area contributed by atoms with Crippen LogP contribution in [0.3, 0.4) is 0 Å². The molecule has 5 heteroatoms. The van der Waals surface area contributed by atoms with E-state index in [-0.39, 0.29) is 0 Å². The van der Waals surface area contributed by atoms with Crippen LogP contribution in [0.2, 0.25) is 5.15 Å². The molecule has 1 aromatic heterocycles. The van der Waals surface area contributed by atoms with Crippen LogP contribution in [0.4, 0.5) is 0 Å². The van der Waals surface area contributed by atoms with E-state index in [9.17, 15) is 0 Å². The van der Waals surface area contributed by atoms with Crippen LogP contribution in [0.5, 0.6) is 0 Å². The Hall–Kier alpha value is 0.1000. The van der Waals surface area contributed by atoms with Crippen molar-refractivity contribution in [2.45, 2.75) is 11.8 Å². The number of hydrogen-bond donors (Lipinski definition) is 1. The molecule has 1 aliphatic rings. The Labute approximate surface area is 110 Å². The van der Waals surface area contributed by atoms with Crippen molar-refractivity contribution in [2.75, 3.05) is 23.8 Å². The summed E-state index contributed by atoms with van der Waals surface area (Å²) in [5, 5.41) is 4.79. The number of aromatic nitrogens is 1. The Morgan fingerprint density at radius 3 is 3.06 bits per heavy atom. The monoisotopic (exact) mass is 274 g/mol. The summed E-state index contributed by atoms with van der Waals surface area (Å²) < 4.78 is 0. The van der Waals surface area contributed by atoms with E-state index >= 15 is 0 Å². The second kappa shape index (κ2) is 6.74. The molecule has 0 bridgehead atoms. The second-order valence-corrected chi connectivity index (χ2v) is 6.63. The molecule has 0 aromatic carbocycles. The molecule has 1 unspecified atom stereocenters. The van der Waals surface area contributed by atoms with Gasteiger partial charge in [0.05, 0.1) is 0 Å². The molecule has 0 spiro atoms. The van der Waals surface area contributed by atoms with Gasteiger partial charge in [0.15, 0.2) is 0 Å². The van der Waals surface area contributed by atoms with Crippen molar-refractivity contribution < 1.29 is 0 Å². The van der Waals surface area contributed by atoms with Crippen LogP contribution < -0.4 is 5.32 Å². The first-order valence-corrected chi connectivity index (χ1v) is 7.93. The van der Waals surface area contributed by atoms with Gasteiger partial charge in [0.25, 0.3) is 0 Å². The number of nitrogens with one attached hydrogen (secondary N) is 1. The maximum absolute atomic E-state index is 5.73. The molecule has 1 fully saturated rings. The fraction of sp³-hybridized carbons (Fsp3) is 0.545. The van der Waals surface area contributed by atoms with Crippen molar-refractivity contribution in [1.82, 2.24) is 10.3 Å². The standard InChI is InChI=1S/C11H15ClN2S2/c12-11-2-1-9(6-14-11)5-13-7-10-8-15-3-4-16-10/h1-2,6,10,13H,3-5,7-8H2. The van der Waals surface area contributed by atoms with Gasteiger partial charge in [0.2, 0.25) is 0 Å². The summed E-state index contributed by atoms with van der Waals surface area (Å²) in [7, 11) is 0. The van der Waals surface area contributed by atoms with Gasteiger partial charge in [-0.15, -0.1) is 0 Å². The van der Waals surface area contributed by atoms with Crippen LogP contribution in [0.15, 0.2) is 18.3 Å². The Morgan fingerprint density at radius 1 is 1.44 bits per heavy atom. The summed E-state index contributed by atoms with van der Waals surface area (Å²) in [5.74, 6) is 3.87. The second-order valence-electron chi connectivity index (χ2n) is 3.69. The summed E-state index contributed by atoms with van der Waals surface area (Å²) in [6.07, 6.45) is 1.83. The van der Waals surface area contributed by atoms with Crippen LogP contribution in [-0.4, -0.2) is 34.0 Å². The summed E-state index contributed by atoms with van der Waals surface area (Å²) in [6.45, 7) is 1.96. The van der Waals surface area contributed by atoms with Gasteiger partial charge in [-0.1, -0.05) is 17.7 Å². The molecule has 0 radical (unpaired) electrons. The molecular weight excluding hydrogens is 260 g/mol. The van der Waals surface area contributed by atoms with Crippen molar-refractivity contribution in [3.63, 3.8) is 0 Å². The van der Waals surface area contributed by atoms with Crippen molar-refractivity contribution in [3.05, 3.63) is 29.0 Å². The van der Waals surface area contributed by atoms with Gasteiger partial charge in [0, 0.05) is 41.8 Å². The minimum Gasteiger partial charge on any atom is -0.311 e. The molecule has 0 amide bonds. The lowest BCUT2D eigenvalue weighted by Gasteiger charge is -2.21. The van der Waals surface area contributed by atoms with Crippen molar-refractivity contribution >= 4 is 35.1 Å². The molecule has 1 saturated heterocycles. The van der Waals surface area contributed by atoms with E-state index in [4.69, 9.17) is 11.6 Å². The first-order chi connectivity index (χ1) is 7.84. The molecule has 2 rings (SSSR count). The number of nitrogens with zero attached hydrogens (tertiary/aromatic N) is 1. The minimum absolute atomic E-state index is 0.558. The summed E-state index contributed by atoms with van der Waals surface area (Å²) in [4.78, 5) is 4.06. The van der Waals surface area contributed by atoms with Crippen molar-refractivity contribution in [2.24, 2.45) is 0 Å². The largest absolute Gasteiger partial charge is 0.311 e. The molecular formula is C11H15ClN2S2. The van der Waals surface area contributed by atoms with Crippen LogP contribution in [0, 0.1) is 0 Å². The quantitative estimate of drug-likeness (QED) is 0.854. The number of thioether (sulfide) groups is 2. The lowest BCUT2D eigenvalue weighted by atomic mass is 10.3. The topological polar surface area (TPSA) is 24.9 Å². The van der Waals surface area contributed by atoms with Gasteiger partial charge in [-0.3, -0.25) is 0 Å². The third kappa shape index (κ3) is 4.17. The molecule has 1 aromatic rings. The first kappa shape index (κ1) is 12.6. The van der Waals surface area contributed by atoms with Crippen LogP contribution in [0.1, 0.15) is 5.56 Å². The van der Waals surface area contributed by atoms with Gasteiger partial charge in [-0.25, -0.2) is 4.98 Å². The summed E-state index contributed by atoms with van der Waals surface area (Å²) >= 11 is 9.87. The van der Waals surface area contributed by atoms with Gasteiger partial charge in [-0.05, 0) is 11.6 Å². The van der Waals surface area contributed by atoms with E-state index < -0.39 is 0 Å². The maximum atomic E-state index is 5.73. The zero-order valence-electron chi connectivity index (χ0n) is 8.99. The molecule has 2 nitrogen and oxygen atoms in total. The van der Waals surface area contributed by atoms with E-state index in [2.05, 4.69) is 33.8 Å². The Balaban J connectivity index is 1.69. The highest BCUT2D eigenvalue weighted by atomic mass is 35.5. The first-order valence-electron chi connectivity index (χ1n) is 5.35. The Morgan fingerprint density at radius 2 is 2.38 bits per heavy atom. The predicted octanol–water partition coefficient (Wildman–Crippen LogP) is 2.67. The smallest absolute Gasteiger partial charge is 0.129 e. The normalized spacial score (nSPS) is 20.9. The third-order valence-electron chi connectivity index (χ3n) is 2.37. The van der Waals surface area contributed by atoms with Crippen LogP contribution >= 0.6 is 35.1 Å². The molecule has 0 aliphatic carbocycles. The Kier molecular flexibility index (Phi) is 5.29. The van der Waals surface area contributed by atoms with Gasteiger partial charge in [-0.2, -0.15) is 23.5 Å². The SMILES string of the molecule is Clc1ccc(CNCC2CSCCS2)cn1. The highest BCUT2D eigenvalue weighted by Gasteiger charge is 2.13. The lowest BCUT2D eigenvalue weighted by molar-refractivity contribution is 0.684. The lowest BCUT2D eigenvalue weighted by Crippen LogP contribution is -2.28. The maximum Gasteiger partial charge on any atom is 0.129 e. The highest BCUT2D eigenvalue weighted by Crippen LogP contribution is 2.23. The molecule has 0 saturated carbocycles. The molecule has 1 N–H and O–H groups in total. The van der Waals surface area contributed by atoms with Crippen LogP contribution in [-0.2, 0) is 6.54 Å². The third-order valence-corrected chi connectivity index (χ3v) is 5.44. The fourth-order valence-electron chi connectivity index (χ4n) is 1.54. The molecule has 2 heterocycles. The summed E-state index contributed by atoms with van der Waals surface area (Å²) in [5.41, 5.74) is 1.19. The van der Waals surface area contributed by atoms with E-state index in [1.54, 1.807) is 0 Å². The van der Waals surface area contributed by atoms with Gasteiger partial charge < -0.3 is 5.32 Å².